The molecule has 0 bridgehead atoms. The van der Waals surface area contributed by atoms with Crippen molar-refractivity contribution in [3.05, 3.63) is 0 Å². The molecule has 0 aliphatic heterocycles. The van der Waals surface area contributed by atoms with Crippen molar-refractivity contribution in [3.63, 3.8) is 0 Å². The van der Waals surface area contributed by atoms with Crippen molar-refractivity contribution in [1.82, 2.24) is 5.32 Å². The number of primary amides is 1. The summed E-state index contributed by atoms with van der Waals surface area (Å²) in [5.74, 6) is -2.17. The maximum Gasteiger partial charge on any atom is 0.308 e. The highest BCUT2D eigenvalue weighted by molar-refractivity contribution is 5.87. The van der Waals surface area contributed by atoms with E-state index in [0.29, 0.717) is 6.61 Å². The second-order valence-electron chi connectivity index (χ2n) is 4.46. The maximum absolute atomic E-state index is 11.6. The molecule has 0 radical (unpaired) electrons. The van der Waals surface area contributed by atoms with Gasteiger partial charge in [0, 0.05) is 7.11 Å². The van der Waals surface area contributed by atoms with Crippen LogP contribution in [0.2, 0.25) is 0 Å². The summed E-state index contributed by atoms with van der Waals surface area (Å²) < 4.78 is 14.6. The third-order valence-corrected chi connectivity index (χ3v) is 2.62. The van der Waals surface area contributed by atoms with Gasteiger partial charge in [-0.1, -0.05) is 6.92 Å². The molecule has 0 saturated carbocycles. The molecule has 122 valence electrons. The highest BCUT2D eigenvalue weighted by Crippen LogP contribution is 2.08. The monoisotopic (exact) mass is 304 g/mol. The van der Waals surface area contributed by atoms with Crippen LogP contribution in [-0.2, 0) is 28.6 Å². The number of hydrogen-bond donors (Lipinski definition) is 2. The Labute approximate surface area is 124 Å². The van der Waals surface area contributed by atoms with E-state index >= 15 is 0 Å². The zero-order valence-corrected chi connectivity index (χ0v) is 12.7. The molecule has 0 aliphatic rings. The number of methoxy groups -OCH3 is 1. The molecule has 0 heterocycles. The molecule has 0 unspecified atom stereocenters. The van der Waals surface area contributed by atoms with Crippen molar-refractivity contribution in [2.75, 3.05) is 33.5 Å². The minimum Gasteiger partial charge on any atom is -0.466 e. The highest BCUT2D eigenvalue weighted by atomic mass is 16.5. The van der Waals surface area contributed by atoms with Crippen molar-refractivity contribution in [3.8, 4) is 0 Å². The number of amides is 2. The molecule has 3 N–H and O–H groups in total. The second kappa shape index (κ2) is 11.0. The molecule has 21 heavy (non-hydrogen) atoms. The average molecular weight is 304 g/mol. The Hall–Kier alpha value is -1.67. The zero-order chi connectivity index (χ0) is 16.3. The lowest BCUT2D eigenvalue weighted by atomic mass is 10.0. The zero-order valence-electron chi connectivity index (χ0n) is 12.7. The Balaban J connectivity index is 4.26. The third kappa shape index (κ3) is 8.98. The Bertz CT molecular complexity index is 348. The van der Waals surface area contributed by atoms with Gasteiger partial charge in [0.15, 0.2) is 0 Å². The molecule has 2 amide bonds. The molecule has 0 rings (SSSR count). The average Bonchev–Trinajstić information content (AvgIpc) is 2.42. The van der Waals surface area contributed by atoms with E-state index in [2.05, 4.69) is 5.32 Å². The summed E-state index contributed by atoms with van der Waals surface area (Å²) in [5.41, 5.74) is 5.22. The van der Waals surface area contributed by atoms with E-state index in [9.17, 15) is 14.4 Å². The second-order valence-corrected chi connectivity index (χ2v) is 4.46. The molecular weight excluding hydrogens is 280 g/mol. The van der Waals surface area contributed by atoms with Gasteiger partial charge < -0.3 is 25.3 Å². The number of nitrogens with one attached hydrogen (secondary N) is 1. The first-order chi connectivity index (χ1) is 9.92. The van der Waals surface area contributed by atoms with Gasteiger partial charge in [0.2, 0.25) is 11.8 Å². The maximum atomic E-state index is 11.6. The lowest BCUT2D eigenvalue weighted by molar-refractivity contribution is -0.148. The molecule has 0 spiro atoms. The van der Waals surface area contributed by atoms with Crippen LogP contribution in [0.25, 0.3) is 0 Å². The van der Waals surface area contributed by atoms with Crippen LogP contribution in [0.15, 0.2) is 0 Å². The van der Waals surface area contributed by atoms with Crippen molar-refractivity contribution in [1.29, 1.82) is 0 Å². The number of hydrogen-bond acceptors (Lipinski definition) is 6. The van der Waals surface area contributed by atoms with E-state index in [1.807, 2.05) is 0 Å². The third-order valence-electron chi connectivity index (χ3n) is 2.62. The van der Waals surface area contributed by atoms with Crippen molar-refractivity contribution in [2.45, 2.75) is 26.3 Å². The fourth-order valence-corrected chi connectivity index (χ4v) is 1.52. The van der Waals surface area contributed by atoms with E-state index in [-0.39, 0.29) is 26.2 Å². The van der Waals surface area contributed by atoms with Crippen molar-refractivity contribution >= 4 is 17.8 Å². The molecule has 0 aromatic carbocycles. The van der Waals surface area contributed by atoms with Gasteiger partial charge in [-0.05, 0) is 13.3 Å². The summed E-state index contributed by atoms with van der Waals surface area (Å²) in [6.07, 6.45) is 0.0813. The van der Waals surface area contributed by atoms with Crippen molar-refractivity contribution < 1.29 is 28.6 Å². The summed E-state index contributed by atoms with van der Waals surface area (Å²) in [7, 11) is 1.52. The first-order valence-corrected chi connectivity index (χ1v) is 6.74. The summed E-state index contributed by atoms with van der Waals surface area (Å²) in [6, 6.07) is -0.942. The lowest BCUT2D eigenvalue weighted by Gasteiger charge is -2.18. The number of ether oxygens (including phenoxy) is 3. The summed E-state index contributed by atoms with van der Waals surface area (Å²) in [5, 5.41) is 2.43. The standard InChI is InChI=1S/C13H24N2O6/c1-4-21-13(18)9(2)7-10(12(14)17)15-11(16)8-20-6-5-19-3/h9-10H,4-8H2,1-3H3,(H2,14,17)(H,15,16)/t9-,10+/m1/s1. The predicted octanol–water partition coefficient (Wildman–Crippen LogP) is -0.791. The summed E-state index contributed by atoms with van der Waals surface area (Å²) >= 11 is 0. The molecule has 0 saturated heterocycles. The minimum atomic E-state index is -0.942. The van der Waals surface area contributed by atoms with Gasteiger partial charge in [0.05, 0.1) is 25.7 Å². The van der Waals surface area contributed by atoms with Crippen LogP contribution >= 0.6 is 0 Å². The van der Waals surface area contributed by atoms with Crippen LogP contribution < -0.4 is 11.1 Å². The fraction of sp³-hybridized carbons (Fsp3) is 0.769. The Morgan fingerprint density at radius 3 is 2.43 bits per heavy atom. The Morgan fingerprint density at radius 2 is 1.90 bits per heavy atom. The molecule has 8 heteroatoms. The number of esters is 1. The van der Waals surface area contributed by atoms with Crippen molar-refractivity contribution in [2.24, 2.45) is 11.7 Å². The van der Waals surface area contributed by atoms with Crippen LogP contribution in [0.5, 0.6) is 0 Å². The van der Waals surface area contributed by atoms with E-state index in [1.165, 1.54) is 7.11 Å². The van der Waals surface area contributed by atoms with Gasteiger partial charge >= 0.3 is 5.97 Å². The highest BCUT2D eigenvalue weighted by Gasteiger charge is 2.25. The molecule has 0 fully saturated rings. The van der Waals surface area contributed by atoms with Gasteiger partial charge in [0.1, 0.15) is 12.6 Å². The number of rotatable bonds is 11. The predicted molar refractivity (Wildman–Crippen MR) is 74.2 cm³/mol. The lowest BCUT2D eigenvalue weighted by Crippen LogP contribution is -2.47. The molecule has 8 nitrogen and oxygen atoms in total. The SMILES string of the molecule is CCOC(=O)[C@H](C)C[C@H](NC(=O)COCCOC)C(N)=O. The van der Waals surface area contributed by atoms with Crippen LogP contribution in [0.4, 0.5) is 0 Å². The van der Waals surface area contributed by atoms with Gasteiger partial charge in [-0.3, -0.25) is 14.4 Å². The molecular formula is C13H24N2O6. The van der Waals surface area contributed by atoms with Gasteiger partial charge in [-0.2, -0.15) is 0 Å². The summed E-state index contributed by atoms with van der Waals surface area (Å²) in [6.45, 7) is 3.98. The van der Waals surface area contributed by atoms with Gasteiger partial charge in [-0.25, -0.2) is 0 Å². The summed E-state index contributed by atoms with van der Waals surface area (Å²) in [4.78, 5) is 34.4. The van der Waals surface area contributed by atoms with Crippen LogP contribution in [0, 0.1) is 5.92 Å². The molecule has 0 aliphatic carbocycles. The van der Waals surface area contributed by atoms with E-state index in [0.717, 1.165) is 0 Å². The molecule has 2 atom stereocenters. The normalized spacial score (nSPS) is 13.3. The van der Waals surface area contributed by atoms with Crippen LogP contribution in [0.3, 0.4) is 0 Å². The molecule has 0 aromatic heterocycles. The van der Waals surface area contributed by atoms with Gasteiger partial charge in [-0.15, -0.1) is 0 Å². The largest absolute Gasteiger partial charge is 0.466 e. The number of nitrogens with two attached hydrogens (primary N) is 1. The Morgan fingerprint density at radius 1 is 1.24 bits per heavy atom. The number of carbonyl (C=O) groups is 3. The minimum absolute atomic E-state index is 0.0813. The quantitative estimate of drug-likeness (QED) is 0.381. The first kappa shape index (κ1) is 19.3. The molecule has 0 aromatic rings. The van der Waals surface area contributed by atoms with Crippen LogP contribution in [0.1, 0.15) is 20.3 Å². The first-order valence-electron chi connectivity index (χ1n) is 6.74. The van der Waals surface area contributed by atoms with E-state index < -0.39 is 29.7 Å². The van der Waals surface area contributed by atoms with E-state index in [1.54, 1.807) is 13.8 Å². The van der Waals surface area contributed by atoms with Gasteiger partial charge in [0.25, 0.3) is 0 Å². The fourth-order valence-electron chi connectivity index (χ4n) is 1.52. The van der Waals surface area contributed by atoms with Crippen LogP contribution in [-0.4, -0.2) is 57.4 Å². The van der Waals surface area contributed by atoms with E-state index in [4.69, 9.17) is 19.9 Å². The Kier molecular flexibility index (Phi) is 10.2. The smallest absolute Gasteiger partial charge is 0.308 e. The topological polar surface area (TPSA) is 117 Å². The number of carbonyl (C=O) groups excluding carboxylic acids is 3.